The van der Waals surface area contributed by atoms with Crippen molar-refractivity contribution in [3.8, 4) is 11.4 Å². The van der Waals surface area contributed by atoms with Crippen molar-refractivity contribution < 1.29 is 31.8 Å². The maximum Gasteiger partial charge on any atom is 0.283 e. The van der Waals surface area contributed by atoms with Crippen LogP contribution in [0.3, 0.4) is 0 Å². The molecule has 3 heterocycles. The van der Waals surface area contributed by atoms with Gasteiger partial charge in [-0.15, -0.1) is 0 Å². The van der Waals surface area contributed by atoms with Crippen molar-refractivity contribution in [2.45, 2.75) is 25.9 Å². The van der Waals surface area contributed by atoms with E-state index in [-0.39, 0.29) is 30.0 Å². The highest BCUT2D eigenvalue weighted by Gasteiger charge is 2.24. The number of nitrogens with zero attached hydrogens (tertiary/aromatic N) is 3. The van der Waals surface area contributed by atoms with Crippen LogP contribution in [0.2, 0.25) is 0 Å². The second-order valence-electron chi connectivity index (χ2n) is 8.21. The van der Waals surface area contributed by atoms with Gasteiger partial charge in [-0.1, -0.05) is 13.8 Å². The fourth-order valence-corrected chi connectivity index (χ4v) is 3.84. The van der Waals surface area contributed by atoms with Gasteiger partial charge in [0.1, 0.15) is 30.0 Å². The molecule has 0 bridgehead atoms. The van der Waals surface area contributed by atoms with Gasteiger partial charge < -0.3 is 14.2 Å². The average Bonchev–Trinajstić information content (AvgIpc) is 3.11. The highest BCUT2D eigenvalue weighted by atomic mass is 32.2. The number of hydrogen-bond donors (Lipinski definition) is 1. The Morgan fingerprint density at radius 2 is 1.97 bits per heavy atom. The molecule has 182 valence electrons. The van der Waals surface area contributed by atoms with E-state index in [9.17, 15) is 17.6 Å². The summed E-state index contributed by atoms with van der Waals surface area (Å²) in [6, 6.07) is 7.03. The standard InChI is InChI=1S/C22H25FN4O6S/c1-13(2)20-19-18(33-9-8-32-16-11-31-12-16)10-17(22(28)26-34(3,29)30)24-21(19)27(25-20)15-6-4-14(23)5-7-15/h4-7,10,13,16H,8-9,11-12H2,1-3H3,(H,26,28). The first kappa shape index (κ1) is 24.0. The number of carbonyl (C=O) groups is 1. The number of rotatable bonds is 9. The summed E-state index contributed by atoms with van der Waals surface area (Å²) in [7, 11) is -3.82. The minimum absolute atomic E-state index is 0.0320. The van der Waals surface area contributed by atoms with Gasteiger partial charge in [-0.3, -0.25) is 4.79 Å². The first-order valence-electron chi connectivity index (χ1n) is 10.7. The van der Waals surface area contributed by atoms with Crippen molar-refractivity contribution in [2.24, 2.45) is 0 Å². The van der Waals surface area contributed by atoms with Crippen LogP contribution >= 0.6 is 0 Å². The Morgan fingerprint density at radius 3 is 2.56 bits per heavy atom. The normalized spacial score (nSPS) is 14.4. The van der Waals surface area contributed by atoms with Gasteiger partial charge in [0.25, 0.3) is 5.91 Å². The Hall–Kier alpha value is -3.09. The Kier molecular flexibility index (Phi) is 6.82. The van der Waals surface area contributed by atoms with Crippen LogP contribution in [0.25, 0.3) is 16.7 Å². The van der Waals surface area contributed by atoms with E-state index < -0.39 is 21.7 Å². The van der Waals surface area contributed by atoms with Crippen molar-refractivity contribution in [1.82, 2.24) is 19.5 Å². The minimum Gasteiger partial charge on any atom is -0.490 e. The number of fused-ring (bicyclic) bond motifs is 1. The van der Waals surface area contributed by atoms with Crippen molar-refractivity contribution in [2.75, 3.05) is 32.7 Å². The number of carbonyl (C=O) groups excluding carboxylic acids is 1. The number of halogens is 1. The van der Waals surface area contributed by atoms with Gasteiger partial charge in [-0.25, -0.2) is 27.2 Å². The summed E-state index contributed by atoms with van der Waals surface area (Å²) in [5.74, 6) is -1.04. The number of amides is 1. The van der Waals surface area contributed by atoms with Crippen molar-refractivity contribution >= 4 is 27.0 Å². The Bertz CT molecular complexity index is 1300. The van der Waals surface area contributed by atoms with Gasteiger partial charge in [0.2, 0.25) is 10.0 Å². The number of pyridine rings is 1. The van der Waals surface area contributed by atoms with Crippen LogP contribution in [0, 0.1) is 5.82 Å². The molecule has 12 heteroatoms. The van der Waals surface area contributed by atoms with Crippen LogP contribution in [0.5, 0.6) is 5.75 Å². The van der Waals surface area contributed by atoms with E-state index >= 15 is 0 Å². The molecule has 3 aromatic rings. The fraction of sp³-hybridized carbons (Fsp3) is 0.409. The van der Waals surface area contributed by atoms with Crippen molar-refractivity contribution in [3.63, 3.8) is 0 Å². The van der Waals surface area contributed by atoms with Gasteiger partial charge in [0.15, 0.2) is 5.65 Å². The topological polar surface area (TPSA) is 122 Å². The zero-order chi connectivity index (χ0) is 24.5. The summed E-state index contributed by atoms with van der Waals surface area (Å²) in [6.07, 6.45) is 0.909. The summed E-state index contributed by atoms with van der Waals surface area (Å²) < 4.78 is 56.8. The molecule has 1 N–H and O–H groups in total. The van der Waals surface area contributed by atoms with Gasteiger partial charge in [-0.2, -0.15) is 5.10 Å². The Labute approximate surface area is 196 Å². The van der Waals surface area contributed by atoms with Crippen LogP contribution < -0.4 is 9.46 Å². The predicted molar refractivity (Wildman–Crippen MR) is 121 cm³/mol. The molecule has 0 aliphatic carbocycles. The predicted octanol–water partition coefficient (Wildman–Crippen LogP) is 2.17. The van der Waals surface area contributed by atoms with E-state index in [1.807, 2.05) is 18.6 Å². The molecule has 34 heavy (non-hydrogen) atoms. The van der Waals surface area contributed by atoms with E-state index in [0.717, 1.165) is 6.26 Å². The summed E-state index contributed by atoms with van der Waals surface area (Å²) in [6.45, 7) is 5.46. The minimum atomic E-state index is -3.82. The van der Waals surface area contributed by atoms with Crippen LogP contribution in [0.15, 0.2) is 30.3 Å². The lowest BCUT2D eigenvalue weighted by Gasteiger charge is -2.25. The van der Waals surface area contributed by atoms with E-state index in [1.165, 1.54) is 35.0 Å². The quantitative estimate of drug-likeness (QED) is 0.451. The van der Waals surface area contributed by atoms with Gasteiger partial charge in [-0.05, 0) is 30.2 Å². The van der Waals surface area contributed by atoms with Crippen LogP contribution in [0.1, 0.15) is 35.9 Å². The molecule has 0 unspecified atom stereocenters. The number of hydrogen-bond acceptors (Lipinski definition) is 8. The maximum absolute atomic E-state index is 13.5. The third-order valence-corrected chi connectivity index (χ3v) is 5.62. The molecule has 0 radical (unpaired) electrons. The number of ether oxygens (including phenoxy) is 3. The molecule has 0 spiro atoms. The highest BCUT2D eigenvalue weighted by Crippen LogP contribution is 2.34. The fourth-order valence-electron chi connectivity index (χ4n) is 3.40. The third kappa shape index (κ3) is 5.34. The first-order chi connectivity index (χ1) is 16.1. The first-order valence-corrected chi connectivity index (χ1v) is 12.6. The zero-order valence-electron chi connectivity index (χ0n) is 18.9. The highest BCUT2D eigenvalue weighted by molar-refractivity contribution is 7.89. The zero-order valence-corrected chi connectivity index (χ0v) is 19.8. The summed E-state index contributed by atoms with van der Waals surface area (Å²) in [5.41, 5.74) is 1.29. The van der Waals surface area contributed by atoms with Gasteiger partial charge >= 0.3 is 0 Å². The average molecular weight is 493 g/mol. The lowest BCUT2D eigenvalue weighted by atomic mass is 10.1. The summed E-state index contributed by atoms with van der Waals surface area (Å²) in [5, 5.41) is 5.23. The molecule has 10 nitrogen and oxygen atoms in total. The van der Waals surface area contributed by atoms with Crippen molar-refractivity contribution in [3.05, 3.63) is 47.5 Å². The molecular weight excluding hydrogens is 467 g/mol. The van der Waals surface area contributed by atoms with E-state index in [1.54, 1.807) is 0 Å². The lowest BCUT2D eigenvalue weighted by molar-refractivity contribution is -0.132. The van der Waals surface area contributed by atoms with E-state index in [4.69, 9.17) is 14.2 Å². The van der Waals surface area contributed by atoms with Crippen molar-refractivity contribution in [1.29, 1.82) is 0 Å². The molecule has 1 aromatic carbocycles. The van der Waals surface area contributed by atoms with Gasteiger partial charge in [0, 0.05) is 6.07 Å². The number of nitrogens with one attached hydrogen (secondary N) is 1. The molecule has 1 amide bonds. The molecule has 2 aromatic heterocycles. The molecule has 0 saturated carbocycles. The van der Waals surface area contributed by atoms with Gasteiger partial charge in [0.05, 0.1) is 42.8 Å². The molecule has 4 rings (SSSR count). The maximum atomic E-state index is 13.5. The molecule has 1 aliphatic heterocycles. The molecule has 1 saturated heterocycles. The molecule has 1 aliphatic rings. The molecular formula is C22H25FN4O6S. The number of benzene rings is 1. The van der Waals surface area contributed by atoms with E-state index in [2.05, 4.69) is 10.1 Å². The van der Waals surface area contributed by atoms with Crippen LogP contribution in [-0.2, 0) is 19.5 Å². The monoisotopic (exact) mass is 492 g/mol. The van der Waals surface area contributed by atoms with Crippen LogP contribution in [-0.4, -0.2) is 67.9 Å². The van der Waals surface area contributed by atoms with Crippen LogP contribution in [0.4, 0.5) is 4.39 Å². The summed E-state index contributed by atoms with van der Waals surface area (Å²) >= 11 is 0. The lowest BCUT2D eigenvalue weighted by Crippen LogP contribution is -2.37. The molecule has 1 fully saturated rings. The summed E-state index contributed by atoms with van der Waals surface area (Å²) in [4.78, 5) is 17.0. The number of sulfonamides is 1. The Morgan fingerprint density at radius 1 is 1.26 bits per heavy atom. The Balaban J connectivity index is 1.80. The molecule has 0 atom stereocenters. The largest absolute Gasteiger partial charge is 0.490 e. The third-order valence-electron chi connectivity index (χ3n) is 5.06. The smallest absolute Gasteiger partial charge is 0.283 e. The second kappa shape index (κ2) is 9.65. The number of aromatic nitrogens is 3. The SMILES string of the molecule is CC(C)c1nn(-c2ccc(F)cc2)c2nc(C(=O)NS(C)(=O)=O)cc(OCCOC3COC3)c12. The second-order valence-corrected chi connectivity index (χ2v) is 9.96. The van der Waals surface area contributed by atoms with E-state index in [0.29, 0.717) is 42.3 Å².